The average molecular weight is 515 g/mol. The van der Waals surface area contributed by atoms with Crippen LogP contribution < -0.4 is 5.32 Å². The molecule has 1 heterocycles. The van der Waals surface area contributed by atoms with Crippen molar-refractivity contribution in [2.24, 2.45) is 17.8 Å². The smallest absolute Gasteiger partial charge is 0.222 e. The van der Waals surface area contributed by atoms with Gasteiger partial charge in [-0.15, -0.1) is 0 Å². The Bertz CT molecular complexity index is 807. The lowest BCUT2D eigenvalue weighted by atomic mass is 9.73. The van der Waals surface area contributed by atoms with Gasteiger partial charge in [-0.1, -0.05) is 70.2 Å². The van der Waals surface area contributed by atoms with E-state index in [0.29, 0.717) is 37.8 Å². The summed E-state index contributed by atoms with van der Waals surface area (Å²) in [6.45, 7) is 7.49. The number of unbranched alkanes of at least 4 members (excludes halogenated alkanes) is 1. The average Bonchev–Trinajstić information content (AvgIpc) is 2.92. The van der Waals surface area contributed by atoms with E-state index in [0.717, 1.165) is 56.7 Å². The number of aliphatic hydroxyl groups is 1. The minimum atomic E-state index is -0.927. The van der Waals surface area contributed by atoms with Crippen LogP contribution in [0, 0.1) is 17.8 Å². The SMILES string of the molecule is CNC[C@@H](CC(=O)N1CCC[C@@H]([C@@](O)(CCCCOC)c2cccc(C(C)C)c2)C1)CC1CCCCC1. The highest BCUT2D eigenvalue weighted by molar-refractivity contribution is 5.76. The number of nitrogens with one attached hydrogen (secondary N) is 1. The molecule has 3 atom stereocenters. The van der Waals surface area contributed by atoms with Gasteiger partial charge in [-0.2, -0.15) is 0 Å². The summed E-state index contributed by atoms with van der Waals surface area (Å²) in [4.78, 5) is 15.7. The van der Waals surface area contributed by atoms with Gasteiger partial charge in [0.25, 0.3) is 0 Å². The number of hydrogen-bond donors (Lipinski definition) is 2. The van der Waals surface area contributed by atoms with E-state index in [4.69, 9.17) is 4.74 Å². The molecule has 1 aromatic carbocycles. The Labute approximate surface area is 226 Å². The van der Waals surface area contributed by atoms with Gasteiger partial charge in [-0.05, 0) is 81.0 Å². The Hall–Kier alpha value is -1.43. The number of carbonyl (C=O) groups is 1. The first-order chi connectivity index (χ1) is 17.9. The van der Waals surface area contributed by atoms with Gasteiger partial charge in [0.05, 0.1) is 5.60 Å². The zero-order chi connectivity index (χ0) is 26.7. The Balaban J connectivity index is 1.72. The Kier molecular flexibility index (Phi) is 12.4. The lowest BCUT2D eigenvalue weighted by Crippen LogP contribution is -2.48. The molecule has 37 heavy (non-hydrogen) atoms. The monoisotopic (exact) mass is 514 g/mol. The molecule has 0 radical (unpaired) electrons. The zero-order valence-corrected chi connectivity index (χ0v) is 24.1. The summed E-state index contributed by atoms with van der Waals surface area (Å²) in [5.74, 6) is 1.92. The van der Waals surface area contributed by atoms with Crippen LogP contribution in [0.25, 0.3) is 0 Å². The highest BCUT2D eigenvalue weighted by Crippen LogP contribution is 2.41. The second-order valence-electron chi connectivity index (χ2n) is 12.2. The Morgan fingerprint density at radius 1 is 1.16 bits per heavy atom. The van der Waals surface area contributed by atoms with Crippen LogP contribution in [-0.2, 0) is 15.1 Å². The third-order valence-electron chi connectivity index (χ3n) is 9.01. The van der Waals surface area contributed by atoms with Crippen LogP contribution >= 0.6 is 0 Å². The van der Waals surface area contributed by atoms with E-state index in [1.807, 2.05) is 7.05 Å². The number of piperidine rings is 1. The van der Waals surface area contributed by atoms with Crippen LogP contribution in [0.1, 0.15) is 108 Å². The second-order valence-corrected chi connectivity index (χ2v) is 12.2. The van der Waals surface area contributed by atoms with Gasteiger partial charge in [0.2, 0.25) is 5.91 Å². The molecule has 1 aromatic rings. The van der Waals surface area contributed by atoms with Crippen LogP contribution in [0.2, 0.25) is 0 Å². The summed E-state index contributed by atoms with van der Waals surface area (Å²) in [7, 11) is 3.74. The largest absolute Gasteiger partial charge is 0.385 e. The van der Waals surface area contributed by atoms with Crippen LogP contribution in [0.5, 0.6) is 0 Å². The molecule has 0 aromatic heterocycles. The highest BCUT2D eigenvalue weighted by Gasteiger charge is 2.41. The summed E-state index contributed by atoms with van der Waals surface area (Å²) in [6.07, 6.45) is 13.0. The first-order valence-electron chi connectivity index (χ1n) is 15.1. The fourth-order valence-electron chi connectivity index (χ4n) is 6.78. The van der Waals surface area contributed by atoms with E-state index >= 15 is 0 Å². The molecule has 210 valence electrons. The number of likely N-dealkylation sites (tertiary alicyclic amines) is 1. The minimum absolute atomic E-state index is 0.0521. The molecule has 0 bridgehead atoms. The van der Waals surface area contributed by atoms with Crippen molar-refractivity contribution < 1.29 is 14.6 Å². The van der Waals surface area contributed by atoms with Crippen LogP contribution in [0.4, 0.5) is 0 Å². The molecule has 1 aliphatic carbocycles. The van der Waals surface area contributed by atoms with Gasteiger partial charge in [0, 0.05) is 39.1 Å². The summed E-state index contributed by atoms with van der Waals surface area (Å²) >= 11 is 0. The number of carbonyl (C=O) groups excluding carboxylic acids is 1. The molecule has 2 fully saturated rings. The predicted octanol–water partition coefficient (Wildman–Crippen LogP) is 6.25. The molecule has 5 heteroatoms. The first-order valence-corrected chi connectivity index (χ1v) is 15.1. The third-order valence-corrected chi connectivity index (χ3v) is 9.01. The first kappa shape index (κ1) is 30.1. The van der Waals surface area contributed by atoms with E-state index in [9.17, 15) is 9.90 Å². The maximum atomic E-state index is 13.6. The fraction of sp³-hybridized carbons (Fsp3) is 0.781. The maximum Gasteiger partial charge on any atom is 0.222 e. The molecule has 3 rings (SSSR count). The van der Waals surface area contributed by atoms with Crippen molar-refractivity contribution in [2.75, 3.05) is 40.4 Å². The highest BCUT2D eigenvalue weighted by atomic mass is 16.5. The lowest BCUT2D eigenvalue weighted by molar-refractivity contribution is -0.138. The molecule has 1 saturated carbocycles. The third kappa shape index (κ3) is 8.80. The Morgan fingerprint density at radius 3 is 2.65 bits per heavy atom. The number of benzene rings is 1. The van der Waals surface area contributed by atoms with Crippen molar-refractivity contribution in [1.29, 1.82) is 0 Å². The van der Waals surface area contributed by atoms with Crippen molar-refractivity contribution in [1.82, 2.24) is 10.2 Å². The van der Waals surface area contributed by atoms with Crippen LogP contribution in [0.3, 0.4) is 0 Å². The van der Waals surface area contributed by atoms with Crippen molar-refractivity contribution in [3.63, 3.8) is 0 Å². The normalized spacial score (nSPS) is 21.7. The van der Waals surface area contributed by atoms with E-state index in [1.54, 1.807) is 7.11 Å². The molecule has 2 N–H and O–H groups in total. The van der Waals surface area contributed by atoms with E-state index in [-0.39, 0.29) is 11.8 Å². The van der Waals surface area contributed by atoms with E-state index in [2.05, 4.69) is 48.3 Å². The van der Waals surface area contributed by atoms with Gasteiger partial charge < -0.3 is 20.1 Å². The van der Waals surface area contributed by atoms with Crippen LogP contribution in [-0.4, -0.2) is 56.3 Å². The van der Waals surface area contributed by atoms with Crippen molar-refractivity contribution in [2.45, 2.75) is 102 Å². The predicted molar refractivity (Wildman–Crippen MR) is 153 cm³/mol. The molecule has 1 aliphatic heterocycles. The maximum absolute atomic E-state index is 13.6. The molecule has 2 aliphatic rings. The molecular formula is C32H54N2O3. The molecule has 0 spiro atoms. The summed E-state index contributed by atoms with van der Waals surface area (Å²) in [5.41, 5.74) is 1.35. The lowest BCUT2D eigenvalue weighted by Gasteiger charge is -2.43. The fourth-order valence-corrected chi connectivity index (χ4v) is 6.78. The standard InChI is InChI=1S/C32H54N2O3/c1-25(2)28-14-10-15-29(22-28)32(36,17-8-9-19-37-4)30-16-11-18-34(24-30)31(35)21-27(23-33-3)20-26-12-6-5-7-13-26/h10,14-15,22,25-27,30,33,36H,5-9,11-13,16-21,23-24H2,1-4H3/t27-,30-,32-/m1/s1. The molecular weight excluding hydrogens is 460 g/mol. The molecule has 5 nitrogen and oxygen atoms in total. The number of rotatable bonds is 14. The zero-order valence-electron chi connectivity index (χ0n) is 24.1. The molecule has 0 unspecified atom stereocenters. The van der Waals surface area contributed by atoms with Crippen molar-refractivity contribution in [3.8, 4) is 0 Å². The Morgan fingerprint density at radius 2 is 1.95 bits per heavy atom. The minimum Gasteiger partial charge on any atom is -0.385 e. The van der Waals surface area contributed by atoms with Gasteiger partial charge >= 0.3 is 0 Å². The van der Waals surface area contributed by atoms with Gasteiger partial charge in [-0.25, -0.2) is 0 Å². The second kappa shape index (κ2) is 15.2. The number of nitrogens with zero attached hydrogens (tertiary/aromatic N) is 1. The van der Waals surface area contributed by atoms with Crippen LogP contribution in [0.15, 0.2) is 24.3 Å². The quantitative estimate of drug-likeness (QED) is 0.288. The number of ether oxygens (including phenoxy) is 1. The topological polar surface area (TPSA) is 61.8 Å². The van der Waals surface area contributed by atoms with E-state index in [1.165, 1.54) is 37.7 Å². The number of methoxy groups -OCH3 is 1. The summed E-state index contributed by atoms with van der Waals surface area (Å²) in [5, 5.41) is 15.7. The number of amides is 1. The van der Waals surface area contributed by atoms with Crippen molar-refractivity contribution in [3.05, 3.63) is 35.4 Å². The van der Waals surface area contributed by atoms with Gasteiger partial charge in [0.15, 0.2) is 0 Å². The van der Waals surface area contributed by atoms with Gasteiger partial charge in [-0.3, -0.25) is 4.79 Å². The van der Waals surface area contributed by atoms with Gasteiger partial charge in [0.1, 0.15) is 0 Å². The number of hydrogen-bond acceptors (Lipinski definition) is 4. The van der Waals surface area contributed by atoms with Crippen molar-refractivity contribution >= 4 is 5.91 Å². The summed E-state index contributed by atoms with van der Waals surface area (Å²) < 4.78 is 5.28. The summed E-state index contributed by atoms with van der Waals surface area (Å²) in [6, 6.07) is 8.54. The van der Waals surface area contributed by atoms with E-state index < -0.39 is 5.60 Å². The molecule has 1 amide bonds. The molecule has 1 saturated heterocycles.